The fourth-order valence-corrected chi connectivity index (χ4v) is 2.05. The van der Waals surface area contributed by atoms with Crippen LogP contribution in [-0.4, -0.2) is 20.3 Å². The second-order valence-corrected chi connectivity index (χ2v) is 4.16. The lowest BCUT2D eigenvalue weighted by Crippen LogP contribution is -2.17. The van der Waals surface area contributed by atoms with Gasteiger partial charge in [0, 0.05) is 5.69 Å². The summed E-state index contributed by atoms with van der Waals surface area (Å²) in [7, 11) is 1.62. The Hall–Kier alpha value is -2.36. The summed E-state index contributed by atoms with van der Waals surface area (Å²) in [5, 5.41) is 3.32. The first-order chi connectivity index (χ1) is 9.38. The number of hydrogen-bond donors (Lipinski definition) is 1. The zero-order valence-electron chi connectivity index (χ0n) is 10.7. The second-order valence-electron chi connectivity index (χ2n) is 4.16. The van der Waals surface area contributed by atoms with E-state index in [0.29, 0.717) is 30.5 Å². The minimum absolute atomic E-state index is 0.540. The van der Waals surface area contributed by atoms with E-state index < -0.39 is 0 Å². The van der Waals surface area contributed by atoms with Crippen molar-refractivity contribution in [2.45, 2.75) is 0 Å². The van der Waals surface area contributed by atoms with Gasteiger partial charge in [0.15, 0.2) is 11.5 Å². The Kier molecular flexibility index (Phi) is 3.14. The Morgan fingerprint density at radius 3 is 2.42 bits per heavy atom. The van der Waals surface area contributed by atoms with Crippen LogP contribution < -0.4 is 19.5 Å². The molecule has 0 saturated carbocycles. The average molecular weight is 257 g/mol. The maximum atomic E-state index is 5.70. The Bertz CT molecular complexity index is 569. The van der Waals surface area contributed by atoms with Crippen molar-refractivity contribution in [2.75, 3.05) is 25.6 Å². The van der Waals surface area contributed by atoms with Gasteiger partial charge in [-0.2, -0.15) is 0 Å². The molecular formula is C15H15NO3. The molecule has 1 aliphatic heterocycles. The van der Waals surface area contributed by atoms with E-state index in [0.717, 1.165) is 11.4 Å². The third kappa shape index (κ3) is 2.29. The highest BCUT2D eigenvalue weighted by molar-refractivity contribution is 5.73. The van der Waals surface area contributed by atoms with Gasteiger partial charge in [0.2, 0.25) is 5.75 Å². The van der Waals surface area contributed by atoms with Gasteiger partial charge in [-0.05, 0) is 24.3 Å². The molecular weight excluding hydrogens is 242 g/mol. The summed E-state index contributed by atoms with van der Waals surface area (Å²) < 4.78 is 16.6. The molecule has 0 radical (unpaired) electrons. The molecule has 98 valence electrons. The predicted molar refractivity (Wildman–Crippen MR) is 73.7 cm³/mol. The van der Waals surface area contributed by atoms with Crippen LogP contribution in [0.5, 0.6) is 17.2 Å². The SMILES string of the molecule is COc1ccc(Nc2ccccc2)c2c1OCCO2. The van der Waals surface area contributed by atoms with Gasteiger partial charge in [0.05, 0.1) is 12.8 Å². The lowest BCUT2D eigenvalue weighted by molar-refractivity contribution is 0.166. The molecule has 19 heavy (non-hydrogen) atoms. The molecule has 4 heteroatoms. The van der Waals surface area contributed by atoms with Gasteiger partial charge < -0.3 is 19.5 Å². The lowest BCUT2D eigenvalue weighted by atomic mass is 10.2. The Labute approximate surface area is 111 Å². The fourth-order valence-electron chi connectivity index (χ4n) is 2.05. The Balaban J connectivity index is 1.98. The van der Waals surface area contributed by atoms with Crippen LogP contribution >= 0.6 is 0 Å². The van der Waals surface area contributed by atoms with Crippen LogP contribution in [-0.2, 0) is 0 Å². The van der Waals surface area contributed by atoms with Gasteiger partial charge in [-0.15, -0.1) is 0 Å². The largest absolute Gasteiger partial charge is 0.493 e. The van der Waals surface area contributed by atoms with Gasteiger partial charge in [-0.25, -0.2) is 0 Å². The minimum atomic E-state index is 0.540. The molecule has 2 aromatic carbocycles. The molecule has 0 saturated heterocycles. The van der Waals surface area contributed by atoms with Crippen molar-refractivity contribution < 1.29 is 14.2 Å². The molecule has 4 nitrogen and oxygen atoms in total. The molecule has 0 aliphatic carbocycles. The van der Waals surface area contributed by atoms with E-state index in [-0.39, 0.29) is 0 Å². The van der Waals surface area contributed by atoms with Crippen molar-refractivity contribution in [3.8, 4) is 17.2 Å². The number of methoxy groups -OCH3 is 1. The molecule has 0 aromatic heterocycles. The summed E-state index contributed by atoms with van der Waals surface area (Å²) in [5.41, 5.74) is 1.88. The van der Waals surface area contributed by atoms with Crippen LogP contribution in [0.15, 0.2) is 42.5 Å². The maximum absolute atomic E-state index is 5.70. The molecule has 0 atom stereocenters. The summed E-state index contributed by atoms with van der Waals surface area (Å²) in [4.78, 5) is 0. The van der Waals surface area contributed by atoms with Gasteiger partial charge >= 0.3 is 0 Å². The molecule has 1 aliphatic rings. The number of ether oxygens (including phenoxy) is 3. The average Bonchev–Trinajstić information content (AvgIpc) is 2.49. The first-order valence-corrected chi connectivity index (χ1v) is 6.17. The third-order valence-electron chi connectivity index (χ3n) is 2.92. The van der Waals surface area contributed by atoms with Crippen LogP contribution in [0.1, 0.15) is 0 Å². The van der Waals surface area contributed by atoms with Crippen LogP contribution in [0.3, 0.4) is 0 Å². The van der Waals surface area contributed by atoms with E-state index in [2.05, 4.69) is 5.32 Å². The second kappa shape index (κ2) is 5.10. The van der Waals surface area contributed by atoms with E-state index in [1.54, 1.807) is 7.11 Å². The molecule has 1 heterocycles. The number of fused-ring (bicyclic) bond motifs is 1. The number of nitrogens with one attached hydrogen (secondary N) is 1. The van der Waals surface area contributed by atoms with E-state index in [4.69, 9.17) is 14.2 Å². The van der Waals surface area contributed by atoms with Crippen molar-refractivity contribution in [3.63, 3.8) is 0 Å². The van der Waals surface area contributed by atoms with Crippen molar-refractivity contribution in [1.82, 2.24) is 0 Å². The van der Waals surface area contributed by atoms with Gasteiger partial charge in [-0.3, -0.25) is 0 Å². The van der Waals surface area contributed by atoms with Crippen molar-refractivity contribution in [1.29, 1.82) is 0 Å². The smallest absolute Gasteiger partial charge is 0.205 e. The van der Waals surface area contributed by atoms with Crippen molar-refractivity contribution in [3.05, 3.63) is 42.5 Å². The summed E-state index contributed by atoms with van der Waals surface area (Å²) in [6, 6.07) is 13.7. The number of anilines is 2. The molecule has 0 bridgehead atoms. The maximum Gasteiger partial charge on any atom is 0.205 e. The standard InChI is InChI=1S/C15H15NO3/c1-17-13-8-7-12(14-15(13)19-10-9-18-14)16-11-5-3-2-4-6-11/h2-8,16H,9-10H2,1H3. The topological polar surface area (TPSA) is 39.7 Å². The quantitative estimate of drug-likeness (QED) is 0.916. The summed E-state index contributed by atoms with van der Waals surface area (Å²) >= 11 is 0. The minimum Gasteiger partial charge on any atom is -0.493 e. The molecule has 0 amide bonds. The monoisotopic (exact) mass is 257 g/mol. The molecule has 2 aromatic rings. The van der Waals surface area contributed by atoms with Crippen molar-refractivity contribution in [2.24, 2.45) is 0 Å². The number of hydrogen-bond acceptors (Lipinski definition) is 4. The van der Waals surface area contributed by atoms with Gasteiger partial charge in [0.25, 0.3) is 0 Å². The van der Waals surface area contributed by atoms with E-state index in [1.807, 2.05) is 42.5 Å². The van der Waals surface area contributed by atoms with E-state index in [9.17, 15) is 0 Å². The molecule has 3 rings (SSSR count). The van der Waals surface area contributed by atoms with Gasteiger partial charge in [-0.1, -0.05) is 18.2 Å². The highest BCUT2D eigenvalue weighted by Gasteiger charge is 2.20. The molecule has 0 spiro atoms. The first kappa shape index (κ1) is 11.7. The van der Waals surface area contributed by atoms with Gasteiger partial charge in [0.1, 0.15) is 13.2 Å². The zero-order chi connectivity index (χ0) is 13.1. The summed E-state index contributed by atoms with van der Waals surface area (Å²) in [5.74, 6) is 2.05. The number of rotatable bonds is 3. The normalized spacial score (nSPS) is 12.9. The number of benzene rings is 2. The Morgan fingerprint density at radius 1 is 0.947 bits per heavy atom. The fraction of sp³-hybridized carbons (Fsp3) is 0.200. The van der Waals surface area contributed by atoms with E-state index >= 15 is 0 Å². The number of para-hydroxylation sites is 1. The van der Waals surface area contributed by atoms with Crippen LogP contribution in [0.2, 0.25) is 0 Å². The van der Waals surface area contributed by atoms with Crippen LogP contribution in [0, 0.1) is 0 Å². The predicted octanol–water partition coefficient (Wildman–Crippen LogP) is 3.21. The molecule has 1 N–H and O–H groups in total. The zero-order valence-corrected chi connectivity index (χ0v) is 10.7. The Morgan fingerprint density at radius 2 is 1.68 bits per heavy atom. The van der Waals surface area contributed by atoms with Crippen LogP contribution in [0.25, 0.3) is 0 Å². The van der Waals surface area contributed by atoms with E-state index in [1.165, 1.54) is 0 Å². The van der Waals surface area contributed by atoms with Crippen molar-refractivity contribution >= 4 is 11.4 Å². The first-order valence-electron chi connectivity index (χ1n) is 6.17. The third-order valence-corrected chi connectivity index (χ3v) is 2.92. The lowest BCUT2D eigenvalue weighted by Gasteiger charge is -2.23. The summed E-state index contributed by atoms with van der Waals surface area (Å²) in [6.07, 6.45) is 0. The molecule has 0 fully saturated rings. The van der Waals surface area contributed by atoms with Crippen LogP contribution in [0.4, 0.5) is 11.4 Å². The summed E-state index contributed by atoms with van der Waals surface area (Å²) in [6.45, 7) is 1.09. The highest BCUT2D eigenvalue weighted by atomic mass is 16.6. The molecule has 0 unspecified atom stereocenters. The highest BCUT2D eigenvalue weighted by Crippen LogP contribution is 2.45.